The molecule has 86 valence electrons. The highest BCUT2D eigenvalue weighted by molar-refractivity contribution is 5.88. The first-order chi connectivity index (χ1) is 8.29. The van der Waals surface area contributed by atoms with Crippen LogP contribution >= 0.6 is 0 Å². The molecule has 17 heavy (non-hydrogen) atoms. The van der Waals surface area contributed by atoms with Crippen LogP contribution in [0.3, 0.4) is 0 Å². The number of guanidine groups is 1. The summed E-state index contributed by atoms with van der Waals surface area (Å²) in [5.74, 6) is -0.179. The minimum absolute atomic E-state index is 0.179. The van der Waals surface area contributed by atoms with Gasteiger partial charge in [-0.25, -0.2) is 5.48 Å². The molecule has 0 saturated carbocycles. The zero-order chi connectivity index (χ0) is 12.1. The molecule has 0 unspecified atom stereocenters. The number of hydrogen-bond donors (Lipinski definition) is 3. The van der Waals surface area contributed by atoms with E-state index in [1.807, 2.05) is 30.3 Å². The fourth-order valence-corrected chi connectivity index (χ4v) is 1.34. The molecule has 0 aliphatic rings. The molecule has 0 aliphatic heterocycles. The van der Waals surface area contributed by atoms with Crippen LogP contribution in [0.15, 0.2) is 46.7 Å². The number of nitrogens with two attached hydrogens (primary N) is 1. The van der Waals surface area contributed by atoms with Gasteiger partial charge in [0, 0.05) is 11.6 Å². The van der Waals surface area contributed by atoms with E-state index in [2.05, 4.69) is 15.2 Å². The number of fused-ring (bicyclic) bond motifs is 1. The smallest absolute Gasteiger partial charge is 0.237 e. The van der Waals surface area contributed by atoms with Crippen LogP contribution in [0.25, 0.3) is 10.8 Å². The molecule has 2 rings (SSSR count). The van der Waals surface area contributed by atoms with E-state index >= 15 is 0 Å². The van der Waals surface area contributed by atoms with Crippen molar-refractivity contribution >= 4 is 22.9 Å². The van der Waals surface area contributed by atoms with E-state index in [0.29, 0.717) is 5.69 Å². The van der Waals surface area contributed by atoms with Crippen LogP contribution in [-0.4, -0.2) is 22.4 Å². The Morgan fingerprint density at radius 3 is 2.88 bits per heavy atom. The Morgan fingerprint density at radius 2 is 2.12 bits per heavy atom. The van der Waals surface area contributed by atoms with Gasteiger partial charge in [0.15, 0.2) is 0 Å². The van der Waals surface area contributed by atoms with Crippen LogP contribution in [0.4, 0.5) is 0 Å². The van der Waals surface area contributed by atoms with Gasteiger partial charge >= 0.3 is 0 Å². The predicted molar refractivity (Wildman–Crippen MR) is 65.9 cm³/mol. The van der Waals surface area contributed by atoms with Crippen molar-refractivity contribution in [3.8, 4) is 0 Å². The van der Waals surface area contributed by atoms with Crippen molar-refractivity contribution in [1.29, 1.82) is 0 Å². The van der Waals surface area contributed by atoms with Gasteiger partial charge in [-0.2, -0.15) is 5.10 Å². The lowest BCUT2D eigenvalue weighted by atomic mass is 10.1. The topological polar surface area (TPSA) is 95.9 Å². The summed E-state index contributed by atoms with van der Waals surface area (Å²) in [5, 5.41) is 17.7. The Balaban J connectivity index is 2.25. The highest BCUT2D eigenvalue weighted by atomic mass is 16.5. The SMILES string of the molecule is N/C(=N/N=C/c1cc2ccccc2cn1)NO. The number of benzene rings is 1. The van der Waals surface area contributed by atoms with E-state index in [1.54, 1.807) is 11.7 Å². The average Bonchev–Trinajstić information content (AvgIpc) is 2.38. The number of pyridine rings is 1. The highest BCUT2D eigenvalue weighted by Gasteiger charge is 1.94. The molecule has 6 heteroatoms. The van der Waals surface area contributed by atoms with Gasteiger partial charge in [0.1, 0.15) is 0 Å². The Bertz CT molecular complexity index is 579. The molecule has 0 bridgehead atoms. The monoisotopic (exact) mass is 229 g/mol. The molecule has 2 aromatic rings. The number of nitrogens with one attached hydrogen (secondary N) is 1. The lowest BCUT2D eigenvalue weighted by Gasteiger charge is -1.97. The van der Waals surface area contributed by atoms with E-state index in [4.69, 9.17) is 10.9 Å². The number of hydrogen-bond acceptors (Lipinski definition) is 4. The first kappa shape index (κ1) is 11.0. The summed E-state index contributed by atoms with van der Waals surface area (Å²) in [7, 11) is 0. The molecular weight excluding hydrogens is 218 g/mol. The van der Waals surface area contributed by atoms with Crippen molar-refractivity contribution in [3.63, 3.8) is 0 Å². The van der Waals surface area contributed by atoms with Crippen LogP contribution in [0.2, 0.25) is 0 Å². The molecule has 1 heterocycles. The summed E-state index contributed by atoms with van der Waals surface area (Å²) >= 11 is 0. The molecule has 0 radical (unpaired) electrons. The third kappa shape index (κ3) is 2.76. The van der Waals surface area contributed by atoms with Gasteiger partial charge < -0.3 is 5.73 Å². The van der Waals surface area contributed by atoms with Crippen molar-refractivity contribution in [2.45, 2.75) is 0 Å². The minimum Gasteiger partial charge on any atom is -0.367 e. The maximum Gasteiger partial charge on any atom is 0.237 e. The number of hydroxylamine groups is 1. The Kier molecular flexibility index (Phi) is 3.27. The van der Waals surface area contributed by atoms with E-state index in [-0.39, 0.29) is 5.96 Å². The summed E-state index contributed by atoms with van der Waals surface area (Å²) in [6, 6.07) is 9.76. The predicted octanol–water partition coefficient (Wildman–Crippen LogP) is 0.862. The number of aromatic nitrogens is 1. The van der Waals surface area contributed by atoms with Gasteiger partial charge in [-0.3, -0.25) is 10.2 Å². The number of rotatable bonds is 2. The van der Waals surface area contributed by atoms with Gasteiger partial charge in [-0.1, -0.05) is 24.3 Å². The summed E-state index contributed by atoms with van der Waals surface area (Å²) in [4.78, 5) is 4.19. The van der Waals surface area contributed by atoms with Crippen LogP contribution < -0.4 is 11.2 Å². The Morgan fingerprint density at radius 1 is 1.35 bits per heavy atom. The van der Waals surface area contributed by atoms with Gasteiger partial charge in [-0.15, -0.1) is 5.10 Å². The first-order valence-corrected chi connectivity index (χ1v) is 4.91. The van der Waals surface area contributed by atoms with Gasteiger partial charge in [0.25, 0.3) is 0 Å². The van der Waals surface area contributed by atoms with E-state index in [0.717, 1.165) is 10.8 Å². The van der Waals surface area contributed by atoms with Crippen molar-refractivity contribution < 1.29 is 5.21 Å². The minimum atomic E-state index is -0.179. The lowest BCUT2D eigenvalue weighted by molar-refractivity contribution is 0.232. The third-order valence-corrected chi connectivity index (χ3v) is 2.12. The molecule has 6 nitrogen and oxygen atoms in total. The van der Waals surface area contributed by atoms with E-state index in [1.165, 1.54) is 6.21 Å². The van der Waals surface area contributed by atoms with Crippen LogP contribution in [0.5, 0.6) is 0 Å². The Hall–Kier alpha value is -2.47. The van der Waals surface area contributed by atoms with Crippen molar-refractivity contribution in [2.75, 3.05) is 0 Å². The van der Waals surface area contributed by atoms with Crippen LogP contribution in [0.1, 0.15) is 5.69 Å². The molecule has 0 spiro atoms. The van der Waals surface area contributed by atoms with Crippen LogP contribution in [-0.2, 0) is 0 Å². The van der Waals surface area contributed by atoms with Crippen molar-refractivity contribution in [1.82, 2.24) is 10.5 Å². The number of nitrogens with zero attached hydrogens (tertiary/aromatic N) is 3. The van der Waals surface area contributed by atoms with Crippen LogP contribution in [0, 0.1) is 0 Å². The maximum absolute atomic E-state index is 8.38. The molecule has 0 saturated heterocycles. The fourth-order valence-electron chi connectivity index (χ4n) is 1.34. The Labute approximate surface area is 97.5 Å². The molecule has 0 atom stereocenters. The normalized spacial score (nSPS) is 12.2. The maximum atomic E-state index is 8.38. The molecule has 4 N–H and O–H groups in total. The second kappa shape index (κ2) is 5.04. The molecule has 0 fully saturated rings. The van der Waals surface area contributed by atoms with Gasteiger partial charge in [0.05, 0.1) is 11.9 Å². The van der Waals surface area contributed by atoms with Gasteiger partial charge in [0.2, 0.25) is 5.96 Å². The standard InChI is InChI=1S/C11H11N5O/c12-11(16-17)15-14-7-10-5-8-3-1-2-4-9(8)6-13-10/h1-7,17H,(H3,12,15,16)/b14-7+. The second-order valence-electron chi connectivity index (χ2n) is 3.30. The summed E-state index contributed by atoms with van der Waals surface area (Å²) < 4.78 is 0. The van der Waals surface area contributed by atoms with E-state index < -0.39 is 0 Å². The summed E-state index contributed by atoms with van der Waals surface area (Å²) in [5.41, 5.74) is 7.52. The largest absolute Gasteiger partial charge is 0.367 e. The van der Waals surface area contributed by atoms with Crippen molar-refractivity contribution in [2.24, 2.45) is 15.9 Å². The zero-order valence-electron chi connectivity index (χ0n) is 8.91. The van der Waals surface area contributed by atoms with Gasteiger partial charge in [-0.05, 0) is 11.5 Å². The lowest BCUT2D eigenvalue weighted by Crippen LogP contribution is -2.27. The van der Waals surface area contributed by atoms with Crippen molar-refractivity contribution in [3.05, 3.63) is 42.2 Å². The third-order valence-electron chi connectivity index (χ3n) is 2.12. The van der Waals surface area contributed by atoms with E-state index in [9.17, 15) is 0 Å². The molecule has 0 aliphatic carbocycles. The first-order valence-electron chi connectivity index (χ1n) is 4.91. The molecule has 1 aromatic carbocycles. The second-order valence-corrected chi connectivity index (χ2v) is 3.30. The average molecular weight is 229 g/mol. The quantitative estimate of drug-likeness (QED) is 0.404. The molecular formula is C11H11N5O. The summed E-state index contributed by atoms with van der Waals surface area (Å²) in [6.45, 7) is 0. The fraction of sp³-hybridized carbons (Fsp3) is 0. The summed E-state index contributed by atoms with van der Waals surface area (Å²) in [6.07, 6.45) is 3.21. The highest BCUT2D eigenvalue weighted by Crippen LogP contribution is 2.12. The molecule has 1 aromatic heterocycles. The molecule has 0 amide bonds. The zero-order valence-corrected chi connectivity index (χ0v) is 8.91.